The molecule has 2 aromatic heterocycles. The molecule has 1 atom stereocenters. The van der Waals surface area contributed by atoms with Gasteiger partial charge in [-0.2, -0.15) is 10.5 Å². The summed E-state index contributed by atoms with van der Waals surface area (Å²) in [5, 5.41) is 18.6. The molecule has 1 aliphatic heterocycles. The largest absolute Gasteiger partial charge is 0.417 e. The lowest BCUT2D eigenvalue weighted by atomic mass is 9.98. The maximum Gasteiger partial charge on any atom is 0.417 e. The highest BCUT2D eigenvalue weighted by atomic mass is 16.4. The van der Waals surface area contributed by atoms with Crippen LogP contribution in [0.1, 0.15) is 44.3 Å². The van der Waals surface area contributed by atoms with Crippen LogP contribution in [0.15, 0.2) is 63.9 Å². The third-order valence-electron chi connectivity index (χ3n) is 5.63. The van der Waals surface area contributed by atoms with Crippen molar-refractivity contribution in [2.45, 2.75) is 19.0 Å². The molecule has 0 saturated heterocycles. The van der Waals surface area contributed by atoms with Crippen LogP contribution >= 0.6 is 0 Å². The topological polar surface area (TPSA) is 127 Å². The molecule has 2 aromatic carbocycles. The number of carbonyl (C=O) groups excluding carboxylic acids is 1. The number of amides is 1. The molecule has 0 spiro atoms. The van der Waals surface area contributed by atoms with Gasteiger partial charge in [0.15, 0.2) is 5.58 Å². The van der Waals surface area contributed by atoms with Gasteiger partial charge in [0.25, 0.3) is 5.91 Å². The van der Waals surface area contributed by atoms with Crippen molar-refractivity contribution in [1.82, 2.24) is 14.9 Å². The van der Waals surface area contributed by atoms with Crippen molar-refractivity contribution < 1.29 is 9.21 Å². The van der Waals surface area contributed by atoms with E-state index >= 15 is 0 Å². The lowest BCUT2D eigenvalue weighted by molar-refractivity contribution is 0.0708. The summed E-state index contributed by atoms with van der Waals surface area (Å²) in [5.41, 5.74) is 4.45. The zero-order valence-electron chi connectivity index (χ0n) is 16.7. The number of carbonyl (C=O) groups is 1. The van der Waals surface area contributed by atoms with E-state index in [0.29, 0.717) is 46.4 Å². The molecule has 0 radical (unpaired) electrons. The number of hydrogen-bond acceptors (Lipinski definition) is 6. The molecule has 1 N–H and O–H groups in total. The van der Waals surface area contributed by atoms with Crippen molar-refractivity contribution in [2.24, 2.45) is 0 Å². The highest BCUT2D eigenvalue weighted by molar-refractivity contribution is 5.99. The molecular weight excluding hydrogens is 406 g/mol. The Morgan fingerprint density at radius 2 is 1.94 bits per heavy atom. The average Bonchev–Trinajstić information content (AvgIpc) is 3.31. The Labute approximate surface area is 182 Å². The van der Waals surface area contributed by atoms with Crippen LogP contribution in [0.2, 0.25) is 0 Å². The van der Waals surface area contributed by atoms with Crippen molar-refractivity contribution >= 4 is 17.0 Å². The number of oxazole rings is 1. The van der Waals surface area contributed by atoms with Gasteiger partial charge < -0.3 is 9.32 Å². The highest BCUT2D eigenvalue weighted by Gasteiger charge is 2.37. The Morgan fingerprint density at radius 3 is 2.75 bits per heavy atom. The Hall–Kier alpha value is -4.69. The Kier molecular flexibility index (Phi) is 4.54. The predicted octanol–water partition coefficient (Wildman–Crippen LogP) is 3.20. The number of aromatic nitrogens is 2. The number of rotatable bonds is 4. The smallest absolute Gasteiger partial charge is 0.408 e. The van der Waals surface area contributed by atoms with E-state index in [4.69, 9.17) is 9.68 Å². The molecule has 8 nitrogen and oxygen atoms in total. The second-order valence-electron chi connectivity index (χ2n) is 7.53. The molecule has 0 fully saturated rings. The number of pyridine rings is 1. The van der Waals surface area contributed by atoms with Crippen LogP contribution in [0.25, 0.3) is 11.1 Å². The fourth-order valence-electron chi connectivity index (χ4n) is 4.13. The third-order valence-corrected chi connectivity index (χ3v) is 5.63. The summed E-state index contributed by atoms with van der Waals surface area (Å²) in [7, 11) is 0. The number of fused-ring (bicyclic) bond motifs is 2. The first-order valence-corrected chi connectivity index (χ1v) is 9.88. The first kappa shape index (κ1) is 19.3. The van der Waals surface area contributed by atoms with Gasteiger partial charge in [0, 0.05) is 24.7 Å². The van der Waals surface area contributed by atoms with E-state index in [-0.39, 0.29) is 11.9 Å². The van der Waals surface area contributed by atoms with Crippen LogP contribution in [0.5, 0.6) is 0 Å². The molecule has 0 bridgehead atoms. The maximum absolute atomic E-state index is 13.2. The molecule has 5 rings (SSSR count). The molecule has 32 heavy (non-hydrogen) atoms. The van der Waals surface area contributed by atoms with Gasteiger partial charge in [-0.05, 0) is 35.4 Å². The fourth-order valence-corrected chi connectivity index (χ4v) is 4.13. The molecule has 1 unspecified atom stereocenters. The van der Waals surface area contributed by atoms with Gasteiger partial charge in [-0.3, -0.25) is 14.8 Å². The first-order chi connectivity index (χ1) is 15.6. The zero-order chi connectivity index (χ0) is 22.2. The van der Waals surface area contributed by atoms with Crippen LogP contribution in [-0.2, 0) is 13.0 Å². The van der Waals surface area contributed by atoms with E-state index in [0.717, 1.165) is 11.1 Å². The summed E-state index contributed by atoms with van der Waals surface area (Å²) in [6.45, 7) is 0.293. The summed E-state index contributed by atoms with van der Waals surface area (Å²) >= 11 is 0. The second kappa shape index (κ2) is 7.53. The van der Waals surface area contributed by atoms with Gasteiger partial charge >= 0.3 is 5.76 Å². The van der Waals surface area contributed by atoms with E-state index in [1.165, 1.54) is 12.3 Å². The quantitative estimate of drug-likeness (QED) is 0.539. The third kappa shape index (κ3) is 3.21. The molecular formula is C24H15N5O3. The molecule has 1 aliphatic rings. The Balaban J connectivity index is 1.53. The number of hydrogen-bond donors (Lipinski definition) is 1. The number of benzene rings is 2. The van der Waals surface area contributed by atoms with Gasteiger partial charge in [-0.1, -0.05) is 24.3 Å². The van der Waals surface area contributed by atoms with Crippen LogP contribution in [0.4, 0.5) is 0 Å². The van der Waals surface area contributed by atoms with Gasteiger partial charge in [0.05, 0.1) is 28.4 Å². The van der Waals surface area contributed by atoms with Gasteiger partial charge in [0.1, 0.15) is 12.1 Å². The summed E-state index contributed by atoms with van der Waals surface area (Å²) < 4.78 is 5.15. The SMILES string of the molecule is N#Cc1cnc(CC2c3ccccc3C(=O)N2Cc2ccc3[nH]c(=O)oc3c2)c(C#N)c1. The van der Waals surface area contributed by atoms with Crippen molar-refractivity contribution in [1.29, 1.82) is 10.5 Å². The number of nitrogens with zero attached hydrogens (tertiary/aromatic N) is 4. The molecule has 1 amide bonds. The molecule has 0 aliphatic carbocycles. The summed E-state index contributed by atoms with van der Waals surface area (Å²) in [6.07, 6.45) is 1.77. The van der Waals surface area contributed by atoms with Crippen molar-refractivity contribution in [3.05, 3.63) is 98.8 Å². The van der Waals surface area contributed by atoms with E-state index < -0.39 is 5.76 Å². The number of nitriles is 2. The normalized spacial score (nSPS) is 14.9. The summed E-state index contributed by atoms with van der Waals surface area (Å²) in [5.74, 6) is -0.649. The van der Waals surface area contributed by atoms with Gasteiger partial charge in [-0.15, -0.1) is 0 Å². The van der Waals surface area contributed by atoms with Gasteiger partial charge in [-0.25, -0.2) is 4.79 Å². The first-order valence-electron chi connectivity index (χ1n) is 9.88. The van der Waals surface area contributed by atoms with Crippen LogP contribution in [0.3, 0.4) is 0 Å². The van der Waals surface area contributed by atoms with Crippen molar-refractivity contribution in [3.8, 4) is 12.1 Å². The minimum absolute atomic E-state index is 0.117. The Bertz CT molecular complexity index is 1520. The van der Waals surface area contributed by atoms with Gasteiger partial charge in [0.2, 0.25) is 0 Å². The van der Waals surface area contributed by atoms with Crippen LogP contribution < -0.4 is 5.76 Å². The van der Waals surface area contributed by atoms with Crippen LogP contribution in [-0.4, -0.2) is 20.8 Å². The van der Waals surface area contributed by atoms with E-state index in [1.807, 2.05) is 30.3 Å². The predicted molar refractivity (Wildman–Crippen MR) is 113 cm³/mol. The molecule has 4 aromatic rings. The summed E-state index contributed by atoms with van der Waals surface area (Å²) in [6, 6.07) is 18.0. The minimum atomic E-state index is -0.532. The number of nitrogens with one attached hydrogen (secondary N) is 1. The zero-order valence-corrected chi connectivity index (χ0v) is 16.7. The minimum Gasteiger partial charge on any atom is -0.408 e. The van der Waals surface area contributed by atoms with E-state index in [2.05, 4.69) is 16.0 Å². The molecule has 3 heterocycles. The molecule has 8 heteroatoms. The standard InChI is InChI=1S/C24H15N5O3/c25-10-15-7-16(11-26)20(27-12-15)9-21-17-3-1-2-4-18(17)23(30)29(21)13-14-5-6-19-22(8-14)32-24(31)28-19/h1-8,12,21H,9,13H2,(H,28,31). The fraction of sp³-hybridized carbons (Fsp3) is 0.125. The maximum atomic E-state index is 13.2. The molecule has 0 saturated carbocycles. The van der Waals surface area contributed by atoms with E-state index in [1.54, 1.807) is 23.1 Å². The van der Waals surface area contributed by atoms with Crippen LogP contribution in [0, 0.1) is 22.7 Å². The van der Waals surface area contributed by atoms with Crippen molar-refractivity contribution in [3.63, 3.8) is 0 Å². The number of H-pyrrole nitrogens is 1. The van der Waals surface area contributed by atoms with E-state index in [9.17, 15) is 14.9 Å². The Morgan fingerprint density at radius 1 is 1.09 bits per heavy atom. The lowest BCUT2D eigenvalue weighted by Gasteiger charge is -2.25. The number of aromatic amines is 1. The molecule has 154 valence electrons. The highest BCUT2D eigenvalue weighted by Crippen LogP contribution is 2.37. The summed E-state index contributed by atoms with van der Waals surface area (Å²) in [4.78, 5) is 33.4. The lowest BCUT2D eigenvalue weighted by Crippen LogP contribution is -2.29. The monoisotopic (exact) mass is 421 g/mol. The second-order valence-corrected chi connectivity index (χ2v) is 7.53. The van der Waals surface area contributed by atoms with Crippen molar-refractivity contribution in [2.75, 3.05) is 0 Å². The average molecular weight is 421 g/mol.